The number of aromatic nitrogens is 7. The van der Waals surface area contributed by atoms with Crippen molar-refractivity contribution >= 4 is 17.5 Å². The molecule has 0 bridgehead atoms. The molecule has 0 fully saturated rings. The van der Waals surface area contributed by atoms with Crippen molar-refractivity contribution in [2.24, 2.45) is 0 Å². The fourth-order valence-electron chi connectivity index (χ4n) is 1.90. The van der Waals surface area contributed by atoms with Crippen LogP contribution in [0.4, 0.5) is 0 Å². The Morgan fingerprint density at radius 2 is 2.05 bits per heavy atom. The van der Waals surface area contributed by atoms with Crippen LogP contribution in [0.5, 0.6) is 0 Å². The topological polar surface area (TPSA) is 73.8 Å². The van der Waals surface area contributed by atoms with Gasteiger partial charge < -0.3 is 0 Å². The molecule has 8 heteroatoms. The zero-order valence-corrected chi connectivity index (χ0v) is 12.4. The van der Waals surface area contributed by atoms with E-state index >= 15 is 0 Å². The van der Waals surface area contributed by atoms with Crippen LogP contribution in [-0.4, -0.2) is 34.6 Å². The maximum Gasteiger partial charge on any atom is 0.253 e. The van der Waals surface area contributed by atoms with E-state index in [-0.39, 0.29) is 0 Å². The summed E-state index contributed by atoms with van der Waals surface area (Å²) in [6.07, 6.45) is 1.78. The normalized spacial score (nSPS) is 11.3. The van der Waals surface area contributed by atoms with E-state index < -0.39 is 0 Å². The highest BCUT2D eigenvalue weighted by Crippen LogP contribution is 2.19. The van der Waals surface area contributed by atoms with E-state index in [1.165, 1.54) is 11.8 Å². The summed E-state index contributed by atoms with van der Waals surface area (Å²) in [5.74, 6) is 1.34. The molecule has 0 spiro atoms. The fraction of sp³-hybridized carbons (Fsp3) is 0.417. The molecule has 0 aliphatic carbocycles. The molecule has 0 amide bonds. The minimum absolute atomic E-state index is 0.641. The first-order valence-corrected chi connectivity index (χ1v) is 7.37. The fourth-order valence-corrected chi connectivity index (χ4v) is 2.59. The van der Waals surface area contributed by atoms with Gasteiger partial charge in [-0.1, -0.05) is 11.8 Å². The molecule has 3 rings (SSSR count). The maximum absolute atomic E-state index is 4.45. The van der Waals surface area contributed by atoms with Crippen LogP contribution in [0.25, 0.3) is 5.78 Å². The van der Waals surface area contributed by atoms with Crippen LogP contribution in [0.1, 0.15) is 24.0 Å². The first-order chi connectivity index (χ1) is 9.65. The van der Waals surface area contributed by atoms with Gasteiger partial charge in [0.05, 0.1) is 18.4 Å². The zero-order chi connectivity index (χ0) is 14.1. The van der Waals surface area contributed by atoms with E-state index in [0.717, 1.165) is 23.6 Å². The number of hydrogen-bond donors (Lipinski definition) is 0. The second kappa shape index (κ2) is 5.20. The summed E-state index contributed by atoms with van der Waals surface area (Å²) in [5.41, 5.74) is 2.91. The van der Waals surface area contributed by atoms with Crippen LogP contribution in [-0.2, 0) is 12.3 Å². The largest absolute Gasteiger partial charge is 0.253 e. The van der Waals surface area contributed by atoms with Gasteiger partial charge in [0.25, 0.3) is 5.78 Å². The van der Waals surface area contributed by atoms with Crippen LogP contribution in [0.3, 0.4) is 0 Å². The molecular formula is C12H15N7S. The van der Waals surface area contributed by atoms with Gasteiger partial charge in [-0.2, -0.15) is 20.0 Å². The zero-order valence-electron chi connectivity index (χ0n) is 11.6. The first-order valence-electron chi connectivity index (χ1n) is 6.38. The molecule has 0 atom stereocenters. The quantitative estimate of drug-likeness (QED) is 0.680. The summed E-state index contributed by atoms with van der Waals surface area (Å²) in [6.45, 7) is 6.74. The molecule has 3 heterocycles. The molecule has 20 heavy (non-hydrogen) atoms. The van der Waals surface area contributed by atoms with Gasteiger partial charge in [0.15, 0.2) is 0 Å². The molecule has 3 aromatic heterocycles. The predicted molar refractivity (Wildman–Crippen MR) is 75.5 cm³/mol. The Balaban J connectivity index is 1.79. The maximum atomic E-state index is 4.45. The SMILES string of the molecule is CCn1ncc(CSc2nc3nc(C)cc(C)n3n2)n1. The second-order valence-corrected chi connectivity index (χ2v) is 5.40. The van der Waals surface area contributed by atoms with E-state index in [1.54, 1.807) is 15.5 Å². The first kappa shape index (κ1) is 13.0. The summed E-state index contributed by atoms with van der Waals surface area (Å²) in [7, 11) is 0. The molecule has 0 saturated heterocycles. The van der Waals surface area contributed by atoms with Crippen molar-refractivity contribution in [3.05, 3.63) is 29.3 Å². The van der Waals surface area contributed by atoms with Crippen molar-refractivity contribution in [1.82, 2.24) is 34.6 Å². The third-order valence-electron chi connectivity index (χ3n) is 2.81. The molecule has 0 aromatic carbocycles. The molecule has 0 radical (unpaired) electrons. The highest BCUT2D eigenvalue weighted by atomic mass is 32.2. The van der Waals surface area contributed by atoms with Gasteiger partial charge in [-0.05, 0) is 26.8 Å². The number of nitrogens with zero attached hydrogens (tertiary/aromatic N) is 7. The molecule has 0 aliphatic heterocycles. The van der Waals surface area contributed by atoms with Gasteiger partial charge in [-0.25, -0.2) is 9.50 Å². The van der Waals surface area contributed by atoms with Crippen LogP contribution < -0.4 is 0 Å². The van der Waals surface area contributed by atoms with Crippen molar-refractivity contribution in [3.63, 3.8) is 0 Å². The molecule has 0 saturated carbocycles. The van der Waals surface area contributed by atoms with E-state index in [2.05, 4.69) is 25.3 Å². The van der Waals surface area contributed by atoms with Gasteiger partial charge in [-0.3, -0.25) is 0 Å². The minimum Gasteiger partial charge on any atom is -0.216 e. The molecular weight excluding hydrogens is 274 g/mol. The van der Waals surface area contributed by atoms with Crippen molar-refractivity contribution in [3.8, 4) is 0 Å². The lowest BCUT2D eigenvalue weighted by Crippen LogP contribution is -1.98. The lowest BCUT2D eigenvalue weighted by atomic mass is 10.4. The van der Waals surface area contributed by atoms with Crippen LogP contribution in [0, 0.1) is 13.8 Å². The Morgan fingerprint density at radius 3 is 2.80 bits per heavy atom. The highest BCUT2D eigenvalue weighted by Gasteiger charge is 2.09. The summed E-state index contributed by atoms with van der Waals surface area (Å²) in [5, 5.41) is 13.6. The molecule has 0 N–H and O–H groups in total. The average molecular weight is 289 g/mol. The minimum atomic E-state index is 0.641. The van der Waals surface area contributed by atoms with E-state index in [9.17, 15) is 0 Å². The lowest BCUT2D eigenvalue weighted by Gasteiger charge is -1.97. The molecule has 7 nitrogen and oxygen atoms in total. The van der Waals surface area contributed by atoms with E-state index in [1.807, 2.05) is 26.8 Å². The molecule has 0 unspecified atom stereocenters. The number of aryl methyl sites for hydroxylation is 3. The Morgan fingerprint density at radius 1 is 1.20 bits per heavy atom. The van der Waals surface area contributed by atoms with Crippen molar-refractivity contribution in [2.75, 3.05) is 0 Å². The summed E-state index contributed by atoms with van der Waals surface area (Å²) < 4.78 is 1.76. The Bertz CT molecular complexity index is 745. The number of hydrogen-bond acceptors (Lipinski definition) is 6. The summed E-state index contributed by atoms with van der Waals surface area (Å²) in [4.78, 5) is 10.5. The standard InChI is InChI=1S/C12H15N7S/c1-4-18-13-6-10(16-18)7-20-12-15-11-14-8(2)5-9(3)19(11)17-12/h5-6H,4,7H2,1-3H3. The van der Waals surface area contributed by atoms with Gasteiger partial charge in [-0.15, -0.1) is 5.10 Å². The average Bonchev–Trinajstić information content (AvgIpc) is 3.02. The van der Waals surface area contributed by atoms with Gasteiger partial charge in [0, 0.05) is 17.1 Å². The molecule has 104 valence electrons. The highest BCUT2D eigenvalue weighted by molar-refractivity contribution is 7.98. The van der Waals surface area contributed by atoms with Gasteiger partial charge in [0.2, 0.25) is 5.16 Å². The molecule has 3 aromatic rings. The van der Waals surface area contributed by atoms with E-state index in [4.69, 9.17) is 0 Å². The predicted octanol–water partition coefficient (Wildman–Crippen LogP) is 1.64. The Labute approximate surface area is 120 Å². The lowest BCUT2D eigenvalue weighted by molar-refractivity contribution is 0.566. The van der Waals surface area contributed by atoms with Gasteiger partial charge in [0.1, 0.15) is 0 Å². The van der Waals surface area contributed by atoms with Crippen molar-refractivity contribution < 1.29 is 0 Å². The third-order valence-corrected chi connectivity index (χ3v) is 3.69. The van der Waals surface area contributed by atoms with E-state index in [0.29, 0.717) is 16.7 Å². The summed E-state index contributed by atoms with van der Waals surface area (Å²) >= 11 is 1.54. The van der Waals surface area contributed by atoms with Crippen LogP contribution in [0.2, 0.25) is 0 Å². The Hall–Kier alpha value is -1.96. The number of fused-ring (bicyclic) bond motifs is 1. The number of rotatable bonds is 4. The Kier molecular flexibility index (Phi) is 3.39. The second-order valence-electron chi connectivity index (χ2n) is 4.46. The van der Waals surface area contributed by atoms with Gasteiger partial charge >= 0.3 is 0 Å². The third kappa shape index (κ3) is 2.51. The smallest absolute Gasteiger partial charge is 0.216 e. The van der Waals surface area contributed by atoms with Crippen molar-refractivity contribution in [1.29, 1.82) is 0 Å². The monoisotopic (exact) mass is 289 g/mol. The summed E-state index contributed by atoms with van der Waals surface area (Å²) in [6, 6.07) is 1.99. The number of thioether (sulfide) groups is 1. The van der Waals surface area contributed by atoms with Crippen molar-refractivity contribution in [2.45, 2.75) is 38.2 Å². The van der Waals surface area contributed by atoms with Crippen LogP contribution >= 0.6 is 11.8 Å². The molecule has 0 aliphatic rings. The van der Waals surface area contributed by atoms with Crippen LogP contribution in [0.15, 0.2) is 17.4 Å².